The van der Waals surface area contributed by atoms with Crippen LogP contribution in [-0.2, 0) is 6.54 Å². The molecule has 5 heteroatoms. The molecule has 0 saturated heterocycles. The van der Waals surface area contributed by atoms with Crippen LogP contribution in [0.4, 0.5) is 0 Å². The minimum Gasteiger partial charge on any atom is -0.361 e. The first kappa shape index (κ1) is 13.3. The van der Waals surface area contributed by atoms with Gasteiger partial charge < -0.3 is 9.42 Å². The number of aryl methyl sites for hydroxylation is 3. The van der Waals surface area contributed by atoms with Crippen LogP contribution in [0.2, 0.25) is 0 Å². The lowest BCUT2D eigenvalue weighted by Crippen LogP contribution is -2.26. The average Bonchev–Trinajstić information content (AvgIpc) is 2.70. The van der Waals surface area contributed by atoms with E-state index in [4.69, 9.17) is 4.52 Å². The zero-order chi connectivity index (χ0) is 14.0. The van der Waals surface area contributed by atoms with Crippen molar-refractivity contribution < 1.29 is 9.32 Å². The van der Waals surface area contributed by atoms with Crippen molar-refractivity contribution in [3.05, 3.63) is 46.6 Å². The summed E-state index contributed by atoms with van der Waals surface area (Å²) in [5, 5.41) is 3.89. The number of hydrogen-bond donors (Lipinski definition) is 0. The Hall–Kier alpha value is -2.17. The van der Waals surface area contributed by atoms with Gasteiger partial charge in [-0.2, -0.15) is 0 Å². The van der Waals surface area contributed by atoms with Crippen molar-refractivity contribution in [3.8, 4) is 0 Å². The van der Waals surface area contributed by atoms with Crippen molar-refractivity contribution in [2.45, 2.75) is 27.3 Å². The zero-order valence-corrected chi connectivity index (χ0v) is 11.6. The Morgan fingerprint density at radius 3 is 2.58 bits per heavy atom. The lowest BCUT2D eigenvalue weighted by molar-refractivity contribution is 0.0784. The van der Waals surface area contributed by atoms with Crippen LogP contribution in [0.1, 0.15) is 33.1 Å². The molecule has 0 bridgehead atoms. The molecule has 0 atom stereocenters. The Bertz CT molecular complexity index is 568. The SMILES string of the molecule is Cc1ccc(C(=O)N(C)Cc2c(C)noc2C)cn1. The summed E-state index contributed by atoms with van der Waals surface area (Å²) in [6.07, 6.45) is 1.60. The molecular weight excluding hydrogens is 242 g/mol. The van der Waals surface area contributed by atoms with Crippen LogP contribution in [0.15, 0.2) is 22.9 Å². The van der Waals surface area contributed by atoms with Gasteiger partial charge >= 0.3 is 0 Å². The number of nitrogens with zero attached hydrogens (tertiary/aromatic N) is 3. The summed E-state index contributed by atoms with van der Waals surface area (Å²) in [5.41, 5.74) is 3.25. The number of hydrogen-bond acceptors (Lipinski definition) is 4. The van der Waals surface area contributed by atoms with E-state index >= 15 is 0 Å². The molecule has 0 fully saturated rings. The highest BCUT2D eigenvalue weighted by Gasteiger charge is 2.16. The normalized spacial score (nSPS) is 10.5. The fourth-order valence-corrected chi connectivity index (χ4v) is 1.85. The monoisotopic (exact) mass is 259 g/mol. The van der Waals surface area contributed by atoms with E-state index in [1.165, 1.54) is 0 Å². The molecule has 2 aromatic rings. The highest BCUT2D eigenvalue weighted by atomic mass is 16.5. The van der Waals surface area contributed by atoms with E-state index < -0.39 is 0 Å². The van der Waals surface area contributed by atoms with E-state index in [-0.39, 0.29) is 5.91 Å². The Labute approximate surface area is 112 Å². The van der Waals surface area contributed by atoms with Crippen LogP contribution in [0.3, 0.4) is 0 Å². The number of aromatic nitrogens is 2. The summed E-state index contributed by atoms with van der Waals surface area (Å²) in [4.78, 5) is 18.0. The molecule has 1 amide bonds. The summed E-state index contributed by atoms with van der Waals surface area (Å²) >= 11 is 0. The summed E-state index contributed by atoms with van der Waals surface area (Å²) < 4.78 is 5.10. The second-order valence-corrected chi connectivity index (χ2v) is 4.65. The number of carbonyl (C=O) groups excluding carboxylic acids is 1. The molecule has 0 saturated carbocycles. The number of carbonyl (C=O) groups is 1. The lowest BCUT2D eigenvalue weighted by Gasteiger charge is -2.16. The van der Waals surface area contributed by atoms with Crippen molar-refractivity contribution in [3.63, 3.8) is 0 Å². The van der Waals surface area contributed by atoms with Crippen molar-refractivity contribution in [1.82, 2.24) is 15.0 Å². The third kappa shape index (κ3) is 2.81. The smallest absolute Gasteiger partial charge is 0.255 e. The first-order valence-electron chi connectivity index (χ1n) is 6.09. The second-order valence-electron chi connectivity index (χ2n) is 4.65. The molecule has 2 aromatic heterocycles. The van der Waals surface area contributed by atoms with Crippen LogP contribution in [0, 0.1) is 20.8 Å². The number of rotatable bonds is 3. The topological polar surface area (TPSA) is 59.2 Å². The molecule has 0 aliphatic heterocycles. The maximum atomic E-state index is 12.2. The van der Waals surface area contributed by atoms with E-state index in [0.29, 0.717) is 12.1 Å². The quantitative estimate of drug-likeness (QED) is 0.848. The van der Waals surface area contributed by atoms with Crippen LogP contribution < -0.4 is 0 Å². The van der Waals surface area contributed by atoms with Gasteiger partial charge in [0.05, 0.1) is 17.8 Å². The van der Waals surface area contributed by atoms with Gasteiger partial charge in [0.2, 0.25) is 0 Å². The summed E-state index contributed by atoms with van der Waals surface area (Å²) in [5.74, 6) is 0.687. The van der Waals surface area contributed by atoms with Crippen LogP contribution in [0.25, 0.3) is 0 Å². The van der Waals surface area contributed by atoms with Crippen molar-refractivity contribution in [2.75, 3.05) is 7.05 Å². The fraction of sp³-hybridized carbons (Fsp3) is 0.357. The largest absolute Gasteiger partial charge is 0.361 e. The molecule has 0 spiro atoms. The van der Waals surface area contributed by atoms with Gasteiger partial charge in [-0.15, -0.1) is 0 Å². The maximum Gasteiger partial charge on any atom is 0.255 e. The van der Waals surface area contributed by atoms with Crippen LogP contribution in [0.5, 0.6) is 0 Å². The van der Waals surface area contributed by atoms with Gasteiger partial charge in [-0.1, -0.05) is 5.16 Å². The van der Waals surface area contributed by atoms with Crippen LogP contribution >= 0.6 is 0 Å². The van der Waals surface area contributed by atoms with E-state index in [9.17, 15) is 4.79 Å². The van der Waals surface area contributed by atoms with Gasteiger partial charge in [0.25, 0.3) is 5.91 Å². The number of pyridine rings is 1. The minimum absolute atomic E-state index is 0.0625. The van der Waals surface area contributed by atoms with E-state index in [2.05, 4.69) is 10.1 Å². The summed E-state index contributed by atoms with van der Waals surface area (Å²) in [6.45, 7) is 6.09. The lowest BCUT2D eigenvalue weighted by atomic mass is 10.1. The molecule has 0 aromatic carbocycles. The van der Waals surface area contributed by atoms with E-state index in [1.807, 2.05) is 26.8 Å². The third-order valence-corrected chi connectivity index (χ3v) is 3.08. The van der Waals surface area contributed by atoms with E-state index in [0.717, 1.165) is 22.7 Å². The van der Waals surface area contributed by atoms with Gasteiger partial charge in [-0.3, -0.25) is 9.78 Å². The van der Waals surface area contributed by atoms with Gasteiger partial charge in [0.15, 0.2) is 0 Å². The Balaban J connectivity index is 2.14. The van der Waals surface area contributed by atoms with Crippen molar-refractivity contribution in [1.29, 1.82) is 0 Å². The average molecular weight is 259 g/mol. The molecule has 100 valence electrons. The highest BCUT2D eigenvalue weighted by Crippen LogP contribution is 2.15. The molecule has 5 nitrogen and oxygen atoms in total. The molecule has 0 N–H and O–H groups in total. The van der Waals surface area contributed by atoms with E-state index in [1.54, 1.807) is 24.2 Å². The maximum absolute atomic E-state index is 12.2. The zero-order valence-electron chi connectivity index (χ0n) is 11.6. The second kappa shape index (κ2) is 5.22. The Kier molecular flexibility index (Phi) is 3.64. The van der Waals surface area contributed by atoms with Crippen molar-refractivity contribution in [2.24, 2.45) is 0 Å². The third-order valence-electron chi connectivity index (χ3n) is 3.08. The Morgan fingerprint density at radius 1 is 1.32 bits per heavy atom. The number of amides is 1. The summed E-state index contributed by atoms with van der Waals surface area (Å²) in [7, 11) is 1.76. The fourth-order valence-electron chi connectivity index (χ4n) is 1.85. The highest BCUT2D eigenvalue weighted by molar-refractivity contribution is 5.93. The molecule has 0 radical (unpaired) electrons. The molecule has 2 rings (SSSR count). The molecule has 0 aliphatic rings. The van der Waals surface area contributed by atoms with Gasteiger partial charge in [0.1, 0.15) is 5.76 Å². The first-order valence-corrected chi connectivity index (χ1v) is 6.09. The van der Waals surface area contributed by atoms with Gasteiger partial charge in [-0.05, 0) is 32.9 Å². The molecule has 0 aliphatic carbocycles. The Morgan fingerprint density at radius 2 is 2.05 bits per heavy atom. The summed E-state index contributed by atoms with van der Waals surface area (Å²) in [6, 6.07) is 3.62. The first-order chi connectivity index (χ1) is 8.99. The molecule has 2 heterocycles. The van der Waals surface area contributed by atoms with Gasteiger partial charge in [-0.25, -0.2) is 0 Å². The molecular formula is C14H17N3O2. The van der Waals surface area contributed by atoms with Crippen LogP contribution in [-0.4, -0.2) is 28.0 Å². The molecule has 19 heavy (non-hydrogen) atoms. The van der Waals surface area contributed by atoms with Gasteiger partial charge in [0, 0.05) is 24.5 Å². The predicted molar refractivity (Wildman–Crippen MR) is 70.7 cm³/mol. The molecule has 0 unspecified atom stereocenters. The van der Waals surface area contributed by atoms with Crippen molar-refractivity contribution >= 4 is 5.91 Å². The minimum atomic E-state index is -0.0625. The standard InChI is InChI=1S/C14H17N3O2/c1-9-5-6-12(7-15-9)14(18)17(4)8-13-10(2)16-19-11(13)3/h5-7H,8H2,1-4H3. The predicted octanol–water partition coefficient (Wildman–Crippen LogP) is 2.27.